The van der Waals surface area contributed by atoms with Gasteiger partial charge in [0, 0.05) is 30.4 Å². The zero-order valence-corrected chi connectivity index (χ0v) is 25.7. The van der Waals surface area contributed by atoms with E-state index in [4.69, 9.17) is 34.3 Å². The van der Waals surface area contributed by atoms with E-state index in [1.807, 2.05) is 6.92 Å². The Balaban J connectivity index is 0.00000135. The first kappa shape index (κ1) is 36.8. The number of aromatic nitrogens is 2. The average Bonchev–Trinajstić information content (AvgIpc) is 3.29. The van der Waals surface area contributed by atoms with Crippen LogP contribution in [-0.2, 0) is 27.7 Å². The van der Waals surface area contributed by atoms with Gasteiger partial charge in [-0.05, 0) is 56.6 Å². The van der Waals surface area contributed by atoms with Crippen molar-refractivity contribution < 1.29 is 40.7 Å². The Kier molecular flexibility index (Phi) is 14.9. The van der Waals surface area contributed by atoms with Crippen LogP contribution < -0.4 is 15.4 Å². The molecule has 1 aliphatic rings. The Hall–Kier alpha value is -3.22. The number of nitrogens with zero attached hydrogens (tertiary/aromatic N) is 2. The number of methoxy groups -OCH3 is 1. The Morgan fingerprint density at radius 3 is 2.31 bits per heavy atom. The molecule has 0 bridgehead atoms. The van der Waals surface area contributed by atoms with Crippen LogP contribution in [-0.4, -0.2) is 56.1 Å². The summed E-state index contributed by atoms with van der Waals surface area (Å²) in [5.41, 5.74) is 1.48. The maximum atomic E-state index is 13.1. The highest BCUT2D eigenvalue weighted by Crippen LogP contribution is 2.42. The summed E-state index contributed by atoms with van der Waals surface area (Å²) >= 11 is 5.95. The standard InChI is InChI=1S/C26H36ClF3N4O2.CO2.O2S/c1-6-25(12-10-16(3)11-13-25)15-31-24(35)22-21(27)23(34(7-2)33-22)19-9-8-18(14-20(19)36-5)32-17(4)26(28,29)30;2-1-3;1-3-2/h8-9,14,16-17,32H,6-7,10-13,15H2,1-5H3,(H,31,35);;/t16?,17-,25?;;/m1../s1. The smallest absolute Gasteiger partial charge is 0.408 e. The molecular weight excluding hydrogens is 601 g/mol. The van der Waals surface area contributed by atoms with Gasteiger partial charge in [-0.25, -0.2) is 0 Å². The quantitative estimate of drug-likeness (QED) is 0.359. The molecule has 15 heteroatoms. The molecule has 1 amide bonds. The Morgan fingerprint density at radius 2 is 1.83 bits per heavy atom. The van der Waals surface area contributed by atoms with Gasteiger partial charge in [-0.15, -0.1) is 0 Å². The van der Waals surface area contributed by atoms with Crippen LogP contribution in [0.15, 0.2) is 18.2 Å². The lowest BCUT2D eigenvalue weighted by Gasteiger charge is -2.39. The van der Waals surface area contributed by atoms with Gasteiger partial charge < -0.3 is 15.4 Å². The third kappa shape index (κ3) is 9.95. The van der Waals surface area contributed by atoms with Gasteiger partial charge in [-0.3, -0.25) is 9.48 Å². The van der Waals surface area contributed by atoms with Crippen LogP contribution in [0.25, 0.3) is 11.3 Å². The topological polar surface area (TPSA) is 136 Å². The minimum Gasteiger partial charge on any atom is -0.496 e. The first-order valence-corrected chi connectivity index (χ1v) is 14.3. The molecule has 1 heterocycles. The molecule has 42 heavy (non-hydrogen) atoms. The molecule has 0 spiro atoms. The third-order valence-corrected chi connectivity index (χ3v) is 7.81. The summed E-state index contributed by atoms with van der Waals surface area (Å²) in [7, 11) is 1.43. The van der Waals surface area contributed by atoms with Crippen LogP contribution in [0, 0.1) is 11.3 Å². The molecule has 1 atom stereocenters. The van der Waals surface area contributed by atoms with Crippen LogP contribution >= 0.6 is 11.6 Å². The van der Waals surface area contributed by atoms with E-state index in [9.17, 15) is 18.0 Å². The van der Waals surface area contributed by atoms with Crippen LogP contribution in [0.2, 0.25) is 5.02 Å². The molecule has 1 aliphatic carbocycles. The number of halogens is 4. The van der Waals surface area contributed by atoms with E-state index >= 15 is 0 Å². The van der Waals surface area contributed by atoms with Crippen molar-refractivity contribution in [3.63, 3.8) is 0 Å². The summed E-state index contributed by atoms with van der Waals surface area (Å²) < 4.78 is 62.6. The lowest BCUT2D eigenvalue weighted by molar-refractivity contribution is -0.191. The summed E-state index contributed by atoms with van der Waals surface area (Å²) in [5.74, 6) is 0.695. The first-order chi connectivity index (χ1) is 19.8. The second-order valence-corrected chi connectivity index (χ2v) is 10.5. The monoisotopic (exact) mass is 636 g/mol. The van der Waals surface area contributed by atoms with Crippen molar-refractivity contribution in [2.45, 2.75) is 78.6 Å². The summed E-state index contributed by atoms with van der Waals surface area (Å²) in [4.78, 5) is 29.4. The molecule has 0 aliphatic heterocycles. The minimum absolute atomic E-state index is 0.0877. The Morgan fingerprint density at radius 1 is 1.26 bits per heavy atom. The van der Waals surface area contributed by atoms with Crippen molar-refractivity contribution in [3.8, 4) is 17.0 Å². The van der Waals surface area contributed by atoms with Crippen molar-refractivity contribution in [2.75, 3.05) is 19.0 Å². The van der Waals surface area contributed by atoms with E-state index in [1.54, 1.807) is 10.7 Å². The number of ether oxygens (including phenoxy) is 1. The van der Waals surface area contributed by atoms with Gasteiger partial charge in [0.15, 0.2) is 5.69 Å². The Bertz CT molecular complexity index is 1240. The predicted octanol–water partition coefficient (Wildman–Crippen LogP) is 5.68. The van der Waals surface area contributed by atoms with E-state index < -0.39 is 23.8 Å². The van der Waals surface area contributed by atoms with Gasteiger partial charge in [0.1, 0.15) is 11.8 Å². The molecule has 234 valence electrons. The van der Waals surface area contributed by atoms with Crippen molar-refractivity contribution in [1.82, 2.24) is 15.1 Å². The number of rotatable bonds is 9. The number of carbonyl (C=O) groups is 1. The van der Waals surface area contributed by atoms with Crippen molar-refractivity contribution in [2.24, 2.45) is 11.3 Å². The molecular formula is C27H36ClF3N4O6S. The SMILES string of the molecule is CCn1nc(C(=O)NCC2(CC)CCC(C)CC2)c(Cl)c1-c1ccc(N[C@H](C)C(F)(F)F)cc1OC.O=C=O.O=S=O. The maximum Gasteiger partial charge on any atom is 0.408 e. The van der Waals surface area contributed by atoms with E-state index in [1.165, 1.54) is 19.2 Å². The van der Waals surface area contributed by atoms with E-state index in [2.05, 4.69) is 29.6 Å². The fraction of sp³-hybridized carbons (Fsp3) is 0.593. The maximum absolute atomic E-state index is 13.1. The zero-order valence-electron chi connectivity index (χ0n) is 24.1. The van der Waals surface area contributed by atoms with E-state index in [0.717, 1.165) is 39.0 Å². The molecule has 1 aromatic heterocycles. The van der Waals surface area contributed by atoms with Gasteiger partial charge >= 0.3 is 23.9 Å². The van der Waals surface area contributed by atoms with Crippen LogP contribution in [0.1, 0.15) is 70.3 Å². The number of alkyl halides is 3. The molecule has 3 rings (SSSR count). The second-order valence-electron chi connectivity index (χ2n) is 10.0. The Labute approximate surface area is 251 Å². The van der Waals surface area contributed by atoms with Gasteiger partial charge in [-0.1, -0.05) is 38.3 Å². The van der Waals surface area contributed by atoms with Crippen molar-refractivity contribution in [3.05, 3.63) is 28.9 Å². The fourth-order valence-corrected chi connectivity index (χ4v) is 5.08. The number of nitrogens with one attached hydrogen (secondary N) is 2. The second kappa shape index (κ2) is 17.0. The zero-order chi connectivity index (χ0) is 32.1. The molecule has 0 radical (unpaired) electrons. The van der Waals surface area contributed by atoms with Gasteiger partial charge in [0.25, 0.3) is 5.91 Å². The lowest BCUT2D eigenvalue weighted by Crippen LogP contribution is -2.39. The van der Waals surface area contributed by atoms with Crippen LogP contribution in [0.5, 0.6) is 5.75 Å². The summed E-state index contributed by atoms with van der Waals surface area (Å²) in [6, 6.07) is 2.90. The largest absolute Gasteiger partial charge is 0.496 e. The molecule has 2 N–H and O–H groups in total. The van der Waals surface area contributed by atoms with E-state index in [0.29, 0.717) is 36.0 Å². The molecule has 0 saturated heterocycles. The highest BCUT2D eigenvalue weighted by Gasteiger charge is 2.36. The van der Waals surface area contributed by atoms with Crippen LogP contribution in [0.3, 0.4) is 0 Å². The van der Waals surface area contributed by atoms with Crippen LogP contribution in [0.4, 0.5) is 18.9 Å². The number of anilines is 1. The molecule has 1 saturated carbocycles. The molecule has 1 fully saturated rings. The molecule has 1 aromatic carbocycles. The number of hydrogen-bond acceptors (Lipinski definition) is 8. The highest BCUT2D eigenvalue weighted by molar-refractivity contribution is 7.51. The number of carbonyl (C=O) groups excluding carboxylic acids is 3. The number of benzene rings is 1. The molecule has 0 unspecified atom stereocenters. The van der Waals surface area contributed by atoms with E-state index in [-0.39, 0.29) is 33.9 Å². The average molecular weight is 637 g/mol. The minimum atomic E-state index is -4.38. The number of hydrogen-bond donors (Lipinski definition) is 2. The fourth-order valence-electron chi connectivity index (χ4n) is 4.76. The van der Waals surface area contributed by atoms with Crippen molar-refractivity contribution in [1.29, 1.82) is 0 Å². The lowest BCUT2D eigenvalue weighted by atomic mass is 9.69. The summed E-state index contributed by atoms with van der Waals surface area (Å²) in [6.45, 7) is 8.36. The highest BCUT2D eigenvalue weighted by atomic mass is 35.5. The van der Waals surface area contributed by atoms with Gasteiger partial charge in [0.05, 0.1) is 17.8 Å². The van der Waals surface area contributed by atoms with Gasteiger partial charge in [-0.2, -0.15) is 36.3 Å². The van der Waals surface area contributed by atoms with Gasteiger partial charge in [0.2, 0.25) is 0 Å². The third-order valence-electron chi connectivity index (χ3n) is 7.45. The molecule has 2 aromatic rings. The van der Waals surface area contributed by atoms with Crippen molar-refractivity contribution >= 4 is 40.9 Å². The number of aryl methyl sites for hydroxylation is 1. The number of amides is 1. The predicted molar refractivity (Wildman–Crippen MR) is 151 cm³/mol. The summed E-state index contributed by atoms with van der Waals surface area (Å²) in [6.07, 6.45) is 1.34. The summed E-state index contributed by atoms with van der Waals surface area (Å²) in [5, 5.41) is 10.1. The molecule has 10 nitrogen and oxygen atoms in total. The first-order valence-electron chi connectivity index (χ1n) is 13.2. The normalized spacial score (nSPS) is 18.6.